The van der Waals surface area contributed by atoms with Crippen LogP contribution in [0.25, 0.3) is 5.69 Å². The molecule has 174 valence electrons. The van der Waals surface area contributed by atoms with Crippen LogP contribution in [0.15, 0.2) is 62.7 Å². The second kappa shape index (κ2) is 10.0. The number of aromatic nitrogens is 2. The number of esters is 1. The minimum absolute atomic E-state index is 0.00752. The van der Waals surface area contributed by atoms with Crippen molar-refractivity contribution < 1.29 is 31.6 Å². The molecule has 0 amide bonds. The van der Waals surface area contributed by atoms with E-state index >= 15 is 0 Å². The van der Waals surface area contributed by atoms with Crippen LogP contribution in [-0.4, -0.2) is 45.0 Å². The average molecular weight is 539 g/mol. The molecule has 0 aliphatic carbocycles. The monoisotopic (exact) mass is 538 g/mol. The topological polar surface area (TPSA) is 123 Å². The normalized spacial score (nSPS) is 11.0. The van der Waals surface area contributed by atoms with Crippen molar-refractivity contribution in [3.63, 3.8) is 0 Å². The number of nitrogens with zero attached hydrogens (tertiary/aromatic N) is 2. The molecule has 3 aromatic rings. The quantitative estimate of drug-likeness (QED) is 0.314. The van der Waals surface area contributed by atoms with Gasteiger partial charge in [0.1, 0.15) is 11.5 Å². The fourth-order valence-electron chi connectivity index (χ4n) is 2.78. The van der Waals surface area contributed by atoms with Crippen molar-refractivity contribution in [3.8, 4) is 22.9 Å². The van der Waals surface area contributed by atoms with Crippen LogP contribution in [0.5, 0.6) is 17.2 Å². The molecule has 12 heteroatoms. The zero-order valence-corrected chi connectivity index (χ0v) is 20.2. The number of carbonyl (C=O) groups is 1. The van der Waals surface area contributed by atoms with E-state index in [0.29, 0.717) is 10.2 Å². The largest absolute Gasteiger partial charge is 0.497 e. The van der Waals surface area contributed by atoms with Gasteiger partial charge >= 0.3 is 16.1 Å². The Hall–Kier alpha value is -3.38. The van der Waals surface area contributed by atoms with Gasteiger partial charge in [0.05, 0.1) is 32.6 Å². The van der Waals surface area contributed by atoms with Gasteiger partial charge in [-0.25, -0.2) is 4.79 Å². The van der Waals surface area contributed by atoms with Crippen LogP contribution in [0.2, 0.25) is 0 Å². The number of rotatable bonds is 8. The van der Waals surface area contributed by atoms with Gasteiger partial charge in [-0.2, -0.15) is 18.2 Å². The Morgan fingerprint density at radius 3 is 2.45 bits per heavy atom. The summed E-state index contributed by atoms with van der Waals surface area (Å²) < 4.78 is 48.0. The van der Waals surface area contributed by atoms with E-state index in [2.05, 4.69) is 21.0 Å². The van der Waals surface area contributed by atoms with Gasteiger partial charge in [0.15, 0.2) is 10.6 Å². The van der Waals surface area contributed by atoms with E-state index in [1.54, 1.807) is 31.2 Å². The Kier molecular flexibility index (Phi) is 7.39. The summed E-state index contributed by atoms with van der Waals surface area (Å²) in [6.07, 6.45) is 0. The Morgan fingerprint density at radius 2 is 1.82 bits per heavy atom. The minimum Gasteiger partial charge on any atom is -0.497 e. The molecule has 3 rings (SSSR count). The van der Waals surface area contributed by atoms with Crippen molar-refractivity contribution >= 4 is 32.0 Å². The molecule has 0 saturated heterocycles. The maximum atomic E-state index is 13.0. The molecule has 0 unspecified atom stereocenters. The van der Waals surface area contributed by atoms with Crippen LogP contribution in [0.4, 0.5) is 0 Å². The second-order valence-corrected chi connectivity index (χ2v) is 8.79. The molecule has 1 aromatic heterocycles. The smallest absolute Gasteiger partial charge is 0.362 e. The summed E-state index contributed by atoms with van der Waals surface area (Å²) in [4.78, 5) is 24.9. The Balaban J connectivity index is 2.15. The first-order chi connectivity index (χ1) is 15.7. The van der Waals surface area contributed by atoms with E-state index in [1.165, 1.54) is 32.4 Å². The lowest BCUT2D eigenvalue weighted by Gasteiger charge is -2.14. The zero-order valence-electron chi connectivity index (χ0n) is 17.8. The highest BCUT2D eigenvalue weighted by Gasteiger charge is 2.28. The lowest BCUT2D eigenvalue weighted by atomic mass is 10.3. The van der Waals surface area contributed by atoms with E-state index in [4.69, 9.17) is 18.4 Å². The molecule has 0 atom stereocenters. The highest BCUT2D eigenvalue weighted by molar-refractivity contribution is 9.10. The van der Waals surface area contributed by atoms with E-state index < -0.39 is 33.1 Å². The van der Waals surface area contributed by atoms with Crippen molar-refractivity contribution in [2.24, 2.45) is 0 Å². The van der Waals surface area contributed by atoms with Crippen LogP contribution in [0, 0.1) is 0 Å². The summed E-state index contributed by atoms with van der Waals surface area (Å²) in [5.74, 6) is -1.35. The van der Waals surface area contributed by atoms with Gasteiger partial charge in [-0.15, -0.1) is 0 Å². The fraction of sp³-hybridized carbons (Fsp3) is 0.190. The Morgan fingerprint density at radius 1 is 1.06 bits per heavy atom. The summed E-state index contributed by atoms with van der Waals surface area (Å²) in [7, 11) is -1.92. The number of benzene rings is 2. The SMILES string of the molecule is CCOC(=O)c1nn(-c2cccc(Br)c2)c(=O)cc1OS(=O)(=O)c1cc(OC)ccc1OC. The third-order valence-corrected chi connectivity index (χ3v) is 6.01. The van der Waals surface area contributed by atoms with Gasteiger partial charge in [-0.05, 0) is 37.3 Å². The number of ether oxygens (including phenoxy) is 3. The lowest BCUT2D eigenvalue weighted by molar-refractivity contribution is 0.0515. The number of hydrogen-bond donors (Lipinski definition) is 0. The molecule has 0 saturated carbocycles. The molecular formula is C21H19BrN2O8S. The van der Waals surface area contributed by atoms with Gasteiger partial charge in [-0.3, -0.25) is 4.79 Å². The highest BCUT2D eigenvalue weighted by atomic mass is 79.9. The van der Waals surface area contributed by atoms with E-state index in [9.17, 15) is 18.0 Å². The molecule has 0 N–H and O–H groups in total. The second-order valence-electron chi connectivity index (χ2n) is 6.36. The molecule has 0 fully saturated rings. The molecule has 0 radical (unpaired) electrons. The maximum Gasteiger partial charge on any atom is 0.362 e. The van der Waals surface area contributed by atoms with Gasteiger partial charge in [0, 0.05) is 10.5 Å². The Labute approximate surface area is 197 Å². The van der Waals surface area contributed by atoms with E-state index in [-0.39, 0.29) is 23.0 Å². The summed E-state index contributed by atoms with van der Waals surface area (Å²) >= 11 is 3.30. The average Bonchev–Trinajstić information content (AvgIpc) is 2.78. The first-order valence-electron chi connectivity index (χ1n) is 9.44. The Bertz CT molecular complexity index is 1350. The predicted octanol–water partition coefficient (Wildman–Crippen LogP) is 2.96. The summed E-state index contributed by atoms with van der Waals surface area (Å²) in [6, 6.07) is 11.5. The van der Waals surface area contributed by atoms with Crippen molar-refractivity contribution in [3.05, 3.63) is 69.1 Å². The zero-order chi connectivity index (χ0) is 24.2. The highest BCUT2D eigenvalue weighted by Crippen LogP contribution is 2.31. The molecule has 1 heterocycles. The van der Waals surface area contributed by atoms with E-state index in [1.807, 2.05) is 0 Å². The third kappa shape index (κ3) is 5.34. The summed E-state index contributed by atoms with van der Waals surface area (Å²) in [5, 5.41) is 4.02. The van der Waals surface area contributed by atoms with Crippen molar-refractivity contribution in [2.75, 3.05) is 20.8 Å². The van der Waals surface area contributed by atoms with Crippen molar-refractivity contribution in [1.82, 2.24) is 9.78 Å². The summed E-state index contributed by atoms with van der Waals surface area (Å²) in [5.41, 5.74) is -0.894. The first kappa shape index (κ1) is 24.3. The van der Waals surface area contributed by atoms with Gasteiger partial charge in [0.25, 0.3) is 5.56 Å². The number of carbonyl (C=O) groups excluding carboxylic acids is 1. The van der Waals surface area contributed by atoms with Crippen molar-refractivity contribution in [1.29, 1.82) is 0 Å². The molecule has 33 heavy (non-hydrogen) atoms. The van der Waals surface area contributed by atoms with Crippen LogP contribution in [-0.2, 0) is 14.9 Å². The minimum atomic E-state index is -4.57. The molecule has 0 bridgehead atoms. The molecule has 10 nitrogen and oxygen atoms in total. The molecule has 0 aliphatic rings. The number of methoxy groups -OCH3 is 2. The van der Waals surface area contributed by atoms with E-state index in [0.717, 1.165) is 10.7 Å². The predicted molar refractivity (Wildman–Crippen MR) is 121 cm³/mol. The maximum absolute atomic E-state index is 13.0. The number of hydrogen-bond acceptors (Lipinski definition) is 9. The number of halogens is 1. The lowest BCUT2D eigenvalue weighted by Crippen LogP contribution is -2.26. The molecular weight excluding hydrogens is 520 g/mol. The van der Waals surface area contributed by atoms with Gasteiger partial charge in [0.2, 0.25) is 5.69 Å². The first-order valence-corrected chi connectivity index (χ1v) is 11.6. The molecule has 2 aromatic carbocycles. The van der Waals surface area contributed by atoms with Crippen LogP contribution in [0.3, 0.4) is 0 Å². The molecule has 0 aliphatic heterocycles. The van der Waals surface area contributed by atoms with Gasteiger partial charge < -0.3 is 18.4 Å². The fourth-order valence-corrected chi connectivity index (χ4v) is 4.28. The standard InChI is InChI=1S/C21H19BrN2O8S/c1-4-31-21(26)20-17(12-19(25)24(23-20)14-7-5-6-13(22)10-14)32-33(27,28)18-11-15(29-2)8-9-16(18)30-3/h5-12H,4H2,1-3H3. The van der Waals surface area contributed by atoms with Gasteiger partial charge in [-0.1, -0.05) is 22.0 Å². The van der Waals surface area contributed by atoms with Crippen LogP contribution in [0.1, 0.15) is 17.4 Å². The van der Waals surface area contributed by atoms with Crippen LogP contribution < -0.4 is 19.2 Å². The van der Waals surface area contributed by atoms with Crippen LogP contribution >= 0.6 is 15.9 Å². The summed E-state index contributed by atoms with van der Waals surface area (Å²) in [6.45, 7) is 1.56. The van der Waals surface area contributed by atoms with Crippen molar-refractivity contribution in [2.45, 2.75) is 11.8 Å². The third-order valence-electron chi connectivity index (χ3n) is 4.26. The molecule has 0 spiro atoms.